The van der Waals surface area contributed by atoms with Crippen LogP contribution in [0.5, 0.6) is 0 Å². The van der Waals surface area contributed by atoms with Gasteiger partial charge >= 0.3 is 0 Å². The normalized spacial score (nSPS) is 15.7. The molecule has 1 saturated carbocycles. The van der Waals surface area contributed by atoms with Crippen molar-refractivity contribution in [1.29, 1.82) is 0 Å². The predicted octanol–water partition coefficient (Wildman–Crippen LogP) is 2.99. The van der Waals surface area contributed by atoms with Crippen molar-refractivity contribution in [3.8, 4) is 0 Å². The highest BCUT2D eigenvalue weighted by Gasteiger charge is 2.51. The first-order chi connectivity index (χ1) is 9.60. The van der Waals surface area contributed by atoms with Crippen LogP contribution in [0, 0.1) is 0 Å². The summed E-state index contributed by atoms with van der Waals surface area (Å²) in [4.78, 5) is 16.5. The number of nitrogens with two attached hydrogens (primary N) is 1. The summed E-state index contributed by atoms with van der Waals surface area (Å²) in [5, 5.41) is 3.39. The fourth-order valence-corrected chi connectivity index (χ4v) is 2.37. The zero-order valence-corrected chi connectivity index (χ0v) is 11.5. The van der Waals surface area contributed by atoms with E-state index < -0.39 is 5.41 Å². The summed E-state index contributed by atoms with van der Waals surface area (Å²) in [5.41, 5.74) is 6.94. The Bertz CT molecular complexity index is 633. The van der Waals surface area contributed by atoms with E-state index in [1.165, 1.54) is 6.20 Å². The summed E-state index contributed by atoms with van der Waals surface area (Å²) in [6.45, 7) is 0. The van der Waals surface area contributed by atoms with Crippen molar-refractivity contribution in [3.05, 3.63) is 53.2 Å². The highest BCUT2D eigenvalue weighted by molar-refractivity contribution is 6.30. The number of hydrogen-bond acceptors (Lipinski definition) is 3. The fourth-order valence-electron chi connectivity index (χ4n) is 2.26. The molecule has 1 fully saturated rings. The Hall–Kier alpha value is -2.07. The molecular formula is C15H14ClN3O. The van der Waals surface area contributed by atoms with Crippen LogP contribution in [0.1, 0.15) is 18.4 Å². The molecule has 5 heteroatoms. The lowest BCUT2D eigenvalue weighted by Gasteiger charge is -2.15. The van der Waals surface area contributed by atoms with Crippen LogP contribution in [-0.2, 0) is 10.2 Å². The van der Waals surface area contributed by atoms with Gasteiger partial charge in [0.1, 0.15) is 5.82 Å². The van der Waals surface area contributed by atoms with E-state index in [9.17, 15) is 4.79 Å². The van der Waals surface area contributed by atoms with Crippen LogP contribution in [0.25, 0.3) is 0 Å². The van der Waals surface area contributed by atoms with E-state index in [0.717, 1.165) is 18.4 Å². The number of amides is 1. The topological polar surface area (TPSA) is 68.0 Å². The average molecular weight is 288 g/mol. The minimum atomic E-state index is -0.435. The lowest BCUT2D eigenvalue weighted by atomic mass is 9.95. The number of nitrogens with zero attached hydrogens (tertiary/aromatic N) is 1. The number of rotatable bonds is 3. The average Bonchev–Trinajstić information content (AvgIpc) is 3.24. The first-order valence-electron chi connectivity index (χ1n) is 6.39. The lowest BCUT2D eigenvalue weighted by molar-refractivity contribution is -0.118. The molecule has 0 radical (unpaired) electrons. The number of nitrogens with one attached hydrogen (secondary N) is 1. The van der Waals surface area contributed by atoms with Crippen LogP contribution in [0.2, 0.25) is 5.02 Å². The van der Waals surface area contributed by atoms with Gasteiger partial charge in [-0.15, -0.1) is 0 Å². The van der Waals surface area contributed by atoms with Crippen molar-refractivity contribution in [3.63, 3.8) is 0 Å². The molecular weight excluding hydrogens is 274 g/mol. The van der Waals surface area contributed by atoms with Gasteiger partial charge in [0.15, 0.2) is 0 Å². The maximum atomic E-state index is 12.5. The molecule has 0 saturated heterocycles. The van der Waals surface area contributed by atoms with E-state index in [0.29, 0.717) is 16.5 Å². The Morgan fingerprint density at radius 1 is 1.20 bits per heavy atom. The smallest absolute Gasteiger partial charge is 0.236 e. The molecule has 1 aliphatic rings. The molecule has 3 rings (SSSR count). The van der Waals surface area contributed by atoms with Gasteiger partial charge in [-0.1, -0.05) is 23.7 Å². The van der Waals surface area contributed by atoms with Crippen LogP contribution < -0.4 is 11.1 Å². The van der Waals surface area contributed by atoms with Gasteiger partial charge in [-0.2, -0.15) is 0 Å². The molecule has 0 aliphatic heterocycles. The van der Waals surface area contributed by atoms with E-state index in [1.807, 2.05) is 24.3 Å². The molecule has 1 amide bonds. The van der Waals surface area contributed by atoms with Crippen LogP contribution in [0.15, 0.2) is 42.6 Å². The third kappa shape index (κ3) is 2.34. The minimum Gasteiger partial charge on any atom is -0.399 e. The van der Waals surface area contributed by atoms with Crippen LogP contribution in [0.3, 0.4) is 0 Å². The standard InChI is InChI=1S/C15H14ClN3O/c16-11-3-6-13(18-9-11)19-14(20)15(7-8-15)10-1-4-12(17)5-2-10/h1-6,9H,7-8,17H2,(H,18,19,20). The molecule has 0 bridgehead atoms. The van der Waals surface area contributed by atoms with Crippen molar-refractivity contribution < 1.29 is 4.79 Å². The van der Waals surface area contributed by atoms with Crippen molar-refractivity contribution in [2.45, 2.75) is 18.3 Å². The highest BCUT2D eigenvalue weighted by Crippen LogP contribution is 2.49. The van der Waals surface area contributed by atoms with Crippen LogP contribution in [-0.4, -0.2) is 10.9 Å². The summed E-state index contributed by atoms with van der Waals surface area (Å²) < 4.78 is 0. The lowest BCUT2D eigenvalue weighted by Crippen LogP contribution is -2.28. The molecule has 0 spiro atoms. The second-order valence-electron chi connectivity index (χ2n) is 5.02. The summed E-state index contributed by atoms with van der Waals surface area (Å²) in [5.74, 6) is 0.484. The second kappa shape index (κ2) is 4.80. The van der Waals surface area contributed by atoms with Crippen molar-refractivity contribution in [2.24, 2.45) is 0 Å². The molecule has 3 N–H and O–H groups in total. The number of carbonyl (C=O) groups excluding carboxylic acids is 1. The summed E-state index contributed by atoms with van der Waals surface area (Å²) in [7, 11) is 0. The molecule has 0 atom stereocenters. The van der Waals surface area contributed by atoms with E-state index in [2.05, 4.69) is 10.3 Å². The SMILES string of the molecule is Nc1ccc(C2(C(=O)Nc3ccc(Cl)cn3)CC2)cc1. The largest absolute Gasteiger partial charge is 0.399 e. The molecule has 0 unspecified atom stereocenters. The number of nitrogen functional groups attached to an aromatic ring is 1. The number of carbonyl (C=O) groups is 1. The zero-order valence-electron chi connectivity index (χ0n) is 10.8. The monoisotopic (exact) mass is 287 g/mol. The maximum Gasteiger partial charge on any atom is 0.236 e. The van der Waals surface area contributed by atoms with Gasteiger partial charge in [0.2, 0.25) is 5.91 Å². The molecule has 1 heterocycles. The van der Waals surface area contributed by atoms with Gasteiger partial charge in [0, 0.05) is 11.9 Å². The van der Waals surface area contributed by atoms with Crippen molar-refractivity contribution in [2.75, 3.05) is 11.1 Å². The molecule has 20 heavy (non-hydrogen) atoms. The number of aromatic nitrogens is 1. The molecule has 1 aromatic carbocycles. The maximum absolute atomic E-state index is 12.5. The highest BCUT2D eigenvalue weighted by atomic mass is 35.5. The van der Waals surface area contributed by atoms with Crippen LogP contribution in [0.4, 0.5) is 11.5 Å². The van der Waals surface area contributed by atoms with Gasteiger partial charge in [0.05, 0.1) is 10.4 Å². The summed E-state index contributed by atoms with van der Waals surface area (Å²) >= 11 is 5.77. The molecule has 4 nitrogen and oxygen atoms in total. The van der Waals surface area contributed by atoms with E-state index in [1.54, 1.807) is 12.1 Å². The summed E-state index contributed by atoms with van der Waals surface area (Å²) in [6.07, 6.45) is 3.20. The van der Waals surface area contributed by atoms with Gasteiger partial charge in [0.25, 0.3) is 0 Å². The number of anilines is 2. The van der Waals surface area contributed by atoms with Gasteiger partial charge < -0.3 is 11.1 Å². The van der Waals surface area contributed by atoms with E-state index in [-0.39, 0.29) is 5.91 Å². The zero-order chi connectivity index (χ0) is 14.2. The summed E-state index contributed by atoms with van der Waals surface area (Å²) in [6, 6.07) is 10.9. The number of halogens is 1. The Kier molecular flexibility index (Phi) is 3.10. The Morgan fingerprint density at radius 2 is 1.90 bits per heavy atom. The predicted molar refractivity (Wildman–Crippen MR) is 79.6 cm³/mol. The molecule has 102 valence electrons. The van der Waals surface area contributed by atoms with Gasteiger partial charge in [-0.25, -0.2) is 4.98 Å². The Morgan fingerprint density at radius 3 is 2.45 bits per heavy atom. The van der Waals surface area contributed by atoms with Gasteiger partial charge in [-0.05, 0) is 42.7 Å². The molecule has 2 aromatic rings. The van der Waals surface area contributed by atoms with E-state index >= 15 is 0 Å². The minimum absolute atomic E-state index is 0.0305. The Balaban J connectivity index is 1.79. The first kappa shape index (κ1) is 12.9. The van der Waals surface area contributed by atoms with Crippen molar-refractivity contribution in [1.82, 2.24) is 4.98 Å². The third-order valence-corrected chi connectivity index (χ3v) is 3.84. The van der Waals surface area contributed by atoms with E-state index in [4.69, 9.17) is 17.3 Å². The molecule has 1 aliphatic carbocycles. The van der Waals surface area contributed by atoms with Gasteiger partial charge in [-0.3, -0.25) is 4.79 Å². The first-order valence-corrected chi connectivity index (χ1v) is 6.77. The fraction of sp³-hybridized carbons (Fsp3) is 0.200. The van der Waals surface area contributed by atoms with Crippen LogP contribution >= 0.6 is 11.6 Å². The number of hydrogen-bond donors (Lipinski definition) is 2. The van der Waals surface area contributed by atoms with Crippen molar-refractivity contribution >= 4 is 29.0 Å². The quantitative estimate of drug-likeness (QED) is 0.853. The molecule has 1 aromatic heterocycles. The number of benzene rings is 1. The number of pyridine rings is 1. The third-order valence-electron chi connectivity index (χ3n) is 3.62. The Labute approximate surface area is 122 Å². The second-order valence-corrected chi connectivity index (χ2v) is 5.46.